The summed E-state index contributed by atoms with van der Waals surface area (Å²) in [5, 5.41) is 0.181. The third-order valence-electron chi connectivity index (χ3n) is 7.08. The van der Waals surface area contributed by atoms with Gasteiger partial charge in [0.25, 0.3) is 0 Å². The Morgan fingerprint density at radius 1 is 0.800 bits per heavy atom. The van der Waals surface area contributed by atoms with Crippen molar-refractivity contribution in [2.75, 3.05) is 19.5 Å². The van der Waals surface area contributed by atoms with Crippen LogP contribution in [0.1, 0.15) is 19.6 Å². The van der Waals surface area contributed by atoms with Crippen molar-refractivity contribution in [2.45, 2.75) is 85.6 Å². The van der Waals surface area contributed by atoms with Crippen molar-refractivity contribution < 1.29 is 98.1 Å². The molecule has 1 fully saturated rings. The average Bonchev–Trinajstić information content (AvgIpc) is 3.56. The predicted molar refractivity (Wildman–Crippen MR) is 133 cm³/mol. The minimum Gasteiger partial charge on any atom is -0.374 e. The first-order chi connectivity index (χ1) is 22.3. The van der Waals surface area contributed by atoms with Gasteiger partial charge in [0, 0.05) is 14.2 Å². The van der Waals surface area contributed by atoms with Crippen molar-refractivity contribution in [3.05, 3.63) is 12.7 Å². The topological polar surface area (TPSA) is 113 Å². The number of aromatic nitrogens is 4. The van der Waals surface area contributed by atoms with Crippen molar-refractivity contribution >= 4 is 35.5 Å². The molecular formula is C21H19F17N5O5PS. The molecule has 0 amide bonds. The second kappa shape index (κ2) is 12.9. The summed E-state index contributed by atoms with van der Waals surface area (Å²) in [5.41, 5.74) is -1.84. The standard InChI is InChI=1S/C21H19F17N5O5PS/c1-4-7-9(48-49(44,50)46-3)10(45-2)13(47-7)43-6-41-8-11(39-5-40-12(8)43)42-21(37,38)19(32,33)17(28,29)15(24,25)14(22,23)16(26,27)18(30,31)20(34,35)36/h5-7,9-10,13H,4H2,1-3H3,(H,44,50)(H,39,40,42). The number of halogens is 17. The number of hydrogen-bond donors (Lipinski definition) is 2. The first-order valence-electron chi connectivity index (χ1n) is 12.8. The van der Waals surface area contributed by atoms with Gasteiger partial charge in [0.15, 0.2) is 23.2 Å². The Hall–Kier alpha value is -2.39. The molecule has 2 aromatic heterocycles. The Morgan fingerprint density at radius 2 is 1.30 bits per heavy atom. The Morgan fingerprint density at radius 3 is 1.76 bits per heavy atom. The fourth-order valence-corrected chi connectivity index (χ4v) is 5.30. The number of nitrogens with zero attached hydrogens (tertiary/aromatic N) is 4. The van der Waals surface area contributed by atoms with E-state index in [-0.39, 0.29) is 18.1 Å². The van der Waals surface area contributed by atoms with E-state index in [1.807, 2.05) is 0 Å². The van der Waals surface area contributed by atoms with E-state index in [1.54, 1.807) is 6.92 Å². The molecule has 288 valence electrons. The molecule has 29 heteroatoms. The molecule has 2 N–H and O–H groups in total. The van der Waals surface area contributed by atoms with Crippen LogP contribution in [-0.4, -0.2) is 105 Å². The molecule has 50 heavy (non-hydrogen) atoms. The molecule has 3 rings (SSSR count). The molecule has 1 saturated heterocycles. The Labute approximate surface area is 271 Å². The van der Waals surface area contributed by atoms with Crippen LogP contribution in [0.2, 0.25) is 0 Å². The second-order valence-corrected chi connectivity index (χ2v) is 13.0. The lowest BCUT2D eigenvalue weighted by Gasteiger charge is -2.42. The number of imidazole rings is 1. The maximum Gasteiger partial charge on any atom is 0.460 e. The van der Waals surface area contributed by atoms with Crippen molar-refractivity contribution in [1.82, 2.24) is 19.5 Å². The van der Waals surface area contributed by atoms with E-state index in [4.69, 9.17) is 25.8 Å². The summed E-state index contributed by atoms with van der Waals surface area (Å²) in [6.45, 7) is -2.37. The fourth-order valence-electron chi connectivity index (χ4n) is 4.36. The van der Waals surface area contributed by atoms with Crippen LogP contribution in [-0.2, 0) is 30.3 Å². The van der Waals surface area contributed by atoms with Gasteiger partial charge in [-0.25, -0.2) is 15.0 Å². The van der Waals surface area contributed by atoms with Crippen LogP contribution in [0.5, 0.6) is 0 Å². The SMILES string of the molecule is CCC1OC(n2cnc3c(NC(F)(F)C(F)(F)C(F)(F)C(F)(F)C(F)(F)C(F)(F)C(F)(F)C(F)(F)F)ncnc32)C(OC)C1OP(O)(=S)OC. The molecule has 1 aliphatic heterocycles. The van der Waals surface area contributed by atoms with E-state index in [0.717, 1.165) is 18.8 Å². The molecule has 2 aromatic rings. The van der Waals surface area contributed by atoms with E-state index in [9.17, 15) is 79.5 Å². The number of alkyl halides is 17. The summed E-state index contributed by atoms with van der Waals surface area (Å²) in [7, 11) is 2.07. The van der Waals surface area contributed by atoms with Gasteiger partial charge < -0.3 is 24.2 Å². The molecule has 0 spiro atoms. The molecule has 0 radical (unpaired) electrons. The maximum atomic E-state index is 14.7. The highest BCUT2D eigenvalue weighted by Gasteiger charge is 2.95. The number of hydrogen-bond acceptors (Lipinski definition) is 9. The number of ether oxygens (including phenoxy) is 2. The second-order valence-electron chi connectivity index (χ2n) is 10.1. The predicted octanol–water partition coefficient (Wildman–Crippen LogP) is 6.78. The molecule has 0 saturated carbocycles. The lowest BCUT2D eigenvalue weighted by Crippen LogP contribution is -2.75. The molecule has 3 heterocycles. The van der Waals surface area contributed by atoms with Crippen LogP contribution in [0.3, 0.4) is 0 Å². The zero-order valence-electron chi connectivity index (χ0n) is 24.3. The molecule has 0 bridgehead atoms. The van der Waals surface area contributed by atoms with Crippen LogP contribution in [0.25, 0.3) is 11.2 Å². The number of rotatable bonds is 14. The minimum atomic E-state index is -8.77. The summed E-state index contributed by atoms with van der Waals surface area (Å²) < 4.78 is 254. The van der Waals surface area contributed by atoms with Crippen LogP contribution in [0.4, 0.5) is 80.5 Å². The molecule has 0 aliphatic carbocycles. The third-order valence-corrected chi connectivity index (χ3v) is 8.75. The summed E-state index contributed by atoms with van der Waals surface area (Å²) >= 11 is 4.79. The fraction of sp³-hybridized carbons (Fsp3) is 0.762. The lowest BCUT2D eigenvalue weighted by molar-refractivity contribution is -0.460. The van der Waals surface area contributed by atoms with Gasteiger partial charge in [-0.05, 0) is 18.2 Å². The quantitative estimate of drug-likeness (QED) is 0.121. The van der Waals surface area contributed by atoms with Crippen molar-refractivity contribution in [1.29, 1.82) is 0 Å². The lowest BCUT2D eigenvalue weighted by atomic mass is 9.90. The van der Waals surface area contributed by atoms with Gasteiger partial charge in [-0.15, -0.1) is 0 Å². The number of fused-ring (bicyclic) bond motifs is 1. The van der Waals surface area contributed by atoms with Gasteiger partial charge in [0.1, 0.15) is 18.5 Å². The van der Waals surface area contributed by atoms with Crippen molar-refractivity contribution in [3.63, 3.8) is 0 Å². The van der Waals surface area contributed by atoms with Gasteiger partial charge in [0.05, 0.1) is 12.4 Å². The monoisotopic (exact) mass is 807 g/mol. The van der Waals surface area contributed by atoms with Gasteiger partial charge in [-0.3, -0.25) is 9.09 Å². The molecule has 5 atom stereocenters. The van der Waals surface area contributed by atoms with Crippen molar-refractivity contribution in [3.8, 4) is 0 Å². The Balaban J connectivity index is 2.05. The molecular weight excluding hydrogens is 788 g/mol. The molecule has 10 nitrogen and oxygen atoms in total. The smallest absolute Gasteiger partial charge is 0.374 e. The summed E-state index contributed by atoms with van der Waals surface area (Å²) in [6.07, 6.45) is -11.9. The van der Waals surface area contributed by atoms with E-state index >= 15 is 0 Å². The first-order valence-corrected chi connectivity index (χ1v) is 15.4. The van der Waals surface area contributed by atoms with E-state index in [2.05, 4.69) is 19.5 Å². The minimum absolute atomic E-state index is 0.105. The molecule has 1 aliphatic rings. The van der Waals surface area contributed by atoms with Crippen LogP contribution in [0.15, 0.2) is 12.7 Å². The zero-order valence-corrected chi connectivity index (χ0v) is 26.0. The third kappa shape index (κ3) is 6.24. The van der Waals surface area contributed by atoms with Gasteiger partial charge in [0.2, 0.25) is 0 Å². The summed E-state index contributed by atoms with van der Waals surface area (Å²) in [6, 6.07) is -6.99. The van der Waals surface area contributed by atoms with Gasteiger partial charge in [-0.1, -0.05) is 6.92 Å². The maximum absolute atomic E-state index is 14.7. The molecule has 0 aromatic carbocycles. The van der Waals surface area contributed by atoms with Crippen LogP contribution >= 0.6 is 6.72 Å². The van der Waals surface area contributed by atoms with Crippen LogP contribution in [0, 0.1) is 0 Å². The first kappa shape index (κ1) is 42.0. The van der Waals surface area contributed by atoms with Crippen molar-refractivity contribution in [2.24, 2.45) is 0 Å². The average molecular weight is 807 g/mol. The zero-order chi connectivity index (χ0) is 38.9. The summed E-state index contributed by atoms with van der Waals surface area (Å²) in [4.78, 5) is 20.2. The van der Waals surface area contributed by atoms with Gasteiger partial charge >= 0.3 is 54.5 Å². The highest BCUT2D eigenvalue weighted by molar-refractivity contribution is 8.07. The number of anilines is 1. The van der Waals surface area contributed by atoms with E-state index in [0.29, 0.717) is 6.33 Å². The van der Waals surface area contributed by atoms with E-state index < -0.39 is 96.0 Å². The largest absolute Gasteiger partial charge is 0.460 e. The normalized spacial score (nSPS) is 23.4. The molecule has 5 unspecified atom stereocenters. The highest BCUT2D eigenvalue weighted by atomic mass is 32.5. The Bertz CT molecular complexity index is 1600. The highest BCUT2D eigenvalue weighted by Crippen LogP contribution is 2.64. The number of nitrogens with one attached hydrogen (secondary N) is 1. The summed E-state index contributed by atoms with van der Waals surface area (Å²) in [5.74, 6) is -52.7. The Kier molecular flexibility index (Phi) is 10.9. The van der Waals surface area contributed by atoms with E-state index in [1.165, 1.54) is 0 Å². The number of methoxy groups -OCH3 is 1. The van der Waals surface area contributed by atoms with Gasteiger partial charge in [-0.2, -0.15) is 74.6 Å². The van der Waals surface area contributed by atoms with Crippen LogP contribution < -0.4 is 5.32 Å².